The van der Waals surface area contributed by atoms with Crippen LogP contribution in [0.1, 0.15) is 32.4 Å². The highest BCUT2D eigenvalue weighted by Gasteiger charge is 2.15. The van der Waals surface area contributed by atoms with Crippen molar-refractivity contribution in [3.8, 4) is 11.5 Å². The van der Waals surface area contributed by atoms with Gasteiger partial charge in [0.05, 0.1) is 0 Å². The van der Waals surface area contributed by atoms with Crippen LogP contribution in [0.5, 0.6) is 11.5 Å². The topological polar surface area (TPSA) is 81.5 Å². The molecule has 16 heavy (non-hydrogen) atoms. The van der Waals surface area contributed by atoms with Crippen molar-refractivity contribution in [1.82, 2.24) is 0 Å². The molecule has 1 rings (SSSR count). The number of phenolic OH excluding ortho intramolecular Hbond substituents is 1. The van der Waals surface area contributed by atoms with E-state index in [4.69, 9.17) is 16.2 Å². The van der Waals surface area contributed by atoms with Gasteiger partial charge in [0.1, 0.15) is 17.1 Å². The summed E-state index contributed by atoms with van der Waals surface area (Å²) in [5.41, 5.74) is 11.6. The van der Waals surface area contributed by atoms with Gasteiger partial charge in [-0.25, -0.2) is 0 Å². The van der Waals surface area contributed by atoms with Crippen LogP contribution in [0.25, 0.3) is 0 Å². The van der Waals surface area contributed by atoms with Crippen molar-refractivity contribution in [3.63, 3.8) is 0 Å². The first-order chi connectivity index (χ1) is 7.33. The summed E-state index contributed by atoms with van der Waals surface area (Å²) >= 11 is 0. The molecule has 0 aliphatic carbocycles. The summed E-state index contributed by atoms with van der Waals surface area (Å²) in [6, 6.07) is 4.65. The number of hydrogen-bond acceptors (Lipinski definition) is 4. The van der Waals surface area contributed by atoms with E-state index in [0.29, 0.717) is 11.3 Å². The fourth-order valence-corrected chi connectivity index (χ4v) is 1.37. The first kappa shape index (κ1) is 12.8. The molecule has 4 heteroatoms. The van der Waals surface area contributed by atoms with E-state index in [1.807, 2.05) is 20.8 Å². The second-order valence-corrected chi connectivity index (χ2v) is 4.78. The van der Waals surface area contributed by atoms with Crippen molar-refractivity contribution < 1.29 is 9.84 Å². The van der Waals surface area contributed by atoms with Gasteiger partial charge in [-0.05, 0) is 39.0 Å². The molecular formula is C12H20N2O2. The first-order valence-corrected chi connectivity index (χ1v) is 5.31. The van der Waals surface area contributed by atoms with Gasteiger partial charge in [-0.1, -0.05) is 0 Å². The summed E-state index contributed by atoms with van der Waals surface area (Å²) in [4.78, 5) is 0. The molecule has 1 atom stereocenters. The van der Waals surface area contributed by atoms with Crippen molar-refractivity contribution in [2.45, 2.75) is 32.4 Å². The monoisotopic (exact) mass is 224 g/mol. The van der Waals surface area contributed by atoms with Gasteiger partial charge in [-0.3, -0.25) is 0 Å². The molecule has 0 spiro atoms. The largest absolute Gasteiger partial charge is 0.508 e. The lowest BCUT2D eigenvalue weighted by Gasteiger charge is -2.22. The molecular weight excluding hydrogens is 204 g/mol. The molecule has 0 unspecified atom stereocenters. The van der Waals surface area contributed by atoms with Crippen LogP contribution in [0.4, 0.5) is 0 Å². The van der Waals surface area contributed by atoms with Gasteiger partial charge < -0.3 is 21.3 Å². The molecule has 0 heterocycles. The zero-order valence-electron chi connectivity index (χ0n) is 10.0. The van der Waals surface area contributed by atoms with E-state index in [1.54, 1.807) is 18.2 Å². The predicted molar refractivity (Wildman–Crippen MR) is 64.5 cm³/mol. The molecule has 0 fully saturated rings. The van der Waals surface area contributed by atoms with Gasteiger partial charge in [0.15, 0.2) is 0 Å². The van der Waals surface area contributed by atoms with Gasteiger partial charge in [-0.15, -0.1) is 0 Å². The number of nitrogens with two attached hydrogens (primary N) is 2. The zero-order valence-corrected chi connectivity index (χ0v) is 10.0. The summed E-state index contributed by atoms with van der Waals surface area (Å²) in [5, 5.41) is 9.64. The van der Waals surface area contributed by atoms with Gasteiger partial charge in [0.2, 0.25) is 0 Å². The summed E-state index contributed by atoms with van der Waals surface area (Å²) in [7, 11) is 0. The van der Waals surface area contributed by atoms with E-state index in [2.05, 4.69) is 0 Å². The fourth-order valence-electron chi connectivity index (χ4n) is 1.37. The molecule has 1 aromatic rings. The summed E-state index contributed by atoms with van der Waals surface area (Å²) in [6.45, 7) is 6.17. The number of rotatable bonds is 3. The first-order valence-electron chi connectivity index (χ1n) is 5.31. The molecule has 0 radical (unpaired) electrons. The van der Waals surface area contributed by atoms with E-state index in [-0.39, 0.29) is 23.9 Å². The number of ether oxygens (including phenoxy) is 1. The average molecular weight is 224 g/mol. The molecule has 0 saturated heterocycles. The molecule has 0 aromatic heterocycles. The van der Waals surface area contributed by atoms with Crippen LogP contribution in [0.15, 0.2) is 18.2 Å². The second-order valence-electron chi connectivity index (χ2n) is 4.78. The Hall–Kier alpha value is -1.26. The van der Waals surface area contributed by atoms with Gasteiger partial charge in [0, 0.05) is 18.2 Å². The Balaban J connectivity index is 2.98. The Labute approximate surface area is 96.2 Å². The van der Waals surface area contributed by atoms with Crippen molar-refractivity contribution in [3.05, 3.63) is 23.8 Å². The Morgan fingerprint density at radius 2 is 2.00 bits per heavy atom. The molecule has 90 valence electrons. The smallest absolute Gasteiger partial charge is 0.120 e. The van der Waals surface area contributed by atoms with Crippen molar-refractivity contribution in [1.29, 1.82) is 0 Å². The maximum Gasteiger partial charge on any atom is 0.120 e. The fraction of sp³-hybridized carbons (Fsp3) is 0.500. The minimum atomic E-state index is -0.372. The molecule has 0 aliphatic rings. The standard InChI is InChI=1S/C12H20N2O2/c1-12(2,3)16-8-4-5-11(15)9(6-8)10(14)7-13/h4-6,10,15H,7,13-14H2,1-3H3/t10-/m0/s1. The minimum Gasteiger partial charge on any atom is -0.508 e. The molecule has 5 N–H and O–H groups in total. The lowest BCUT2D eigenvalue weighted by atomic mass is 10.1. The Kier molecular flexibility index (Phi) is 3.78. The van der Waals surface area contributed by atoms with Crippen LogP contribution in [0.2, 0.25) is 0 Å². The summed E-state index contributed by atoms with van der Waals surface area (Å²) in [5.74, 6) is 0.836. The third-order valence-electron chi connectivity index (χ3n) is 2.08. The van der Waals surface area contributed by atoms with Crippen LogP contribution in [0, 0.1) is 0 Å². The minimum absolute atomic E-state index is 0.152. The Morgan fingerprint density at radius 1 is 1.38 bits per heavy atom. The molecule has 1 aromatic carbocycles. The number of hydrogen-bond donors (Lipinski definition) is 3. The second kappa shape index (κ2) is 4.72. The molecule has 0 saturated carbocycles. The normalized spacial score (nSPS) is 13.6. The van der Waals surface area contributed by atoms with Gasteiger partial charge in [-0.2, -0.15) is 0 Å². The molecule has 0 bridgehead atoms. The Bertz CT molecular complexity index is 359. The average Bonchev–Trinajstić information content (AvgIpc) is 2.18. The highest BCUT2D eigenvalue weighted by Crippen LogP contribution is 2.28. The SMILES string of the molecule is CC(C)(C)Oc1ccc(O)c([C@@H](N)CN)c1. The highest BCUT2D eigenvalue weighted by molar-refractivity contribution is 5.41. The third-order valence-corrected chi connectivity index (χ3v) is 2.08. The lowest BCUT2D eigenvalue weighted by molar-refractivity contribution is 0.130. The zero-order chi connectivity index (χ0) is 12.3. The van der Waals surface area contributed by atoms with Crippen molar-refractivity contribution in [2.75, 3.05) is 6.54 Å². The van der Waals surface area contributed by atoms with Crippen LogP contribution in [-0.2, 0) is 0 Å². The van der Waals surface area contributed by atoms with Crippen molar-refractivity contribution in [2.24, 2.45) is 11.5 Å². The van der Waals surface area contributed by atoms with E-state index < -0.39 is 0 Å². The maximum absolute atomic E-state index is 9.64. The van der Waals surface area contributed by atoms with Gasteiger partial charge >= 0.3 is 0 Å². The van der Waals surface area contributed by atoms with Crippen LogP contribution >= 0.6 is 0 Å². The summed E-state index contributed by atoms with van der Waals surface area (Å²) in [6.07, 6.45) is 0. The number of aromatic hydroxyl groups is 1. The van der Waals surface area contributed by atoms with Crippen LogP contribution in [0.3, 0.4) is 0 Å². The number of benzene rings is 1. The quantitative estimate of drug-likeness (QED) is 0.727. The highest BCUT2D eigenvalue weighted by atomic mass is 16.5. The van der Waals surface area contributed by atoms with E-state index in [0.717, 1.165) is 0 Å². The predicted octanol–water partition coefficient (Wildman–Crippen LogP) is 1.53. The molecule has 4 nitrogen and oxygen atoms in total. The van der Waals surface area contributed by atoms with Crippen LogP contribution < -0.4 is 16.2 Å². The third kappa shape index (κ3) is 3.40. The van der Waals surface area contributed by atoms with E-state index >= 15 is 0 Å². The number of phenols is 1. The molecule has 0 aliphatic heterocycles. The van der Waals surface area contributed by atoms with E-state index in [9.17, 15) is 5.11 Å². The van der Waals surface area contributed by atoms with Crippen LogP contribution in [-0.4, -0.2) is 17.3 Å². The van der Waals surface area contributed by atoms with E-state index in [1.165, 1.54) is 0 Å². The van der Waals surface area contributed by atoms with Gasteiger partial charge in [0.25, 0.3) is 0 Å². The molecule has 0 amide bonds. The maximum atomic E-state index is 9.64. The van der Waals surface area contributed by atoms with Crippen molar-refractivity contribution >= 4 is 0 Å². The Morgan fingerprint density at radius 3 is 2.50 bits per heavy atom. The summed E-state index contributed by atoms with van der Waals surface area (Å²) < 4.78 is 5.68. The lowest BCUT2D eigenvalue weighted by Crippen LogP contribution is -2.24.